The molecule has 1 aromatic rings. The van der Waals surface area contributed by atoms with Crippen LogP contribution in [0.15, 0.2) is 18.3 Å². The van der Waals surface area contributed by atoms with Crippen LogP contribution in [0.1, 0.15) is 30.3 Å². The van der Waals surface area contributed by atoms with Crippen LogP contribution in [0.4, 0.5) is 0 Å². The monoisotopic (exact) mass is 279 g/mol. The number of methoxy groups -OCH3 is 1. The number of carbonyl (C=O) groups is 1. The van der Waals surface area contributed by atoms with Crippen molar-refractivity contribution in [1.82, 2.24) is 15.2 Å². The van der Waals surface area contributed by atoms with E-state index in [1.165, 1.54) is 0 Å². The van der Waals surface area contributed by atoms with Crippen molar-refractivity contribution in [2.24, 2.45) is 5.92 Å². The van der Waals surface area contributed by atoms with Gasteiger partial charge in [-0.05, 0) is 24.5 Å². The van der Waals surface area contributed by atoms with Crippen LogP contribution >= 0.6 is 0 Å². The largest absolute Gasteiger partial charge is 0.383 e. The first-order valence-corrected chi connectivity index (χ1v) is 7.40. The molecule has 2 heterocycles. The molecule has 0 unspecified atom stereocenters. The first-order chi connectivity index (χ1) is 9.74. The van der Waals surface area contributed by atoms with Crippen LogP contribution in [-0.2, 0) is 4.74 Å². The van der Waals surface area contributed by atoms with E-state index >= 15 is 0 Å². The van der Waals surface area contributed by atoms with Crippen LogP contribution in [0.2, 0.25) is 0 Å². The standard InChI is InChI=1S/C15H25N3O2/c1-3-5-12-10-18(8-9-20-2)11-14(12)17-15(19)13-6-4-7-16-13/h4,6-7,12,14,16H,3,5,8-11H2,1-2H3,(H,17,19)/t12-,14-/m0/s1. The molecule has 1 saturated heterocycles. The topological polar surface area (TPSA) is 57.4 Å². The third kappa shape index (κ3) is 3.84. The van der Waals surface area contributed by atoms with E-state index in [9.17, 15) is 4.79 Å². The molecule has 0 radical (unpaired) electrons. The van der Waals surface area contributed by atoms with E-state index < -0.39 is 0 Å². The molecule has 1 aliphatic rings. The van der Waals surface area contributed by atoms with Crippen LogP contribution in [0, 0.1) is 5.92 Å². The fourth-order valence-electron chi connectivity index (χ4n) is 2.91. The molecule has 5 heteroatoms. The normalized spacial score (nSPS) is 23.1. The lowest BCUT2D eigenvalue weighted by Gasteiger charge is -2.19. The number of ether oxygens (including phenoxy) is 1. The van der Waals surface area contributed by atoms with Gasteiger partial charge in [0.2, 0.25) is 0 Å². The van der Waals surface area contributed by atoms with E-state index in [4.69, 9.17) is 4.74 Å². The average molecular weight is 279 g/mol. The molecule has 1 aromatic heterocycles. The number of rotatable bonds is 7. The van der Waals surface area contributed by atoms with Gasteiger partial charge in [0.25, 0.3) is 5.91 Å². The maximum Gasteiger partial charge on any atom is 0.267 e. The Bertz CT molecular complexity index is 405. The highest BCUT2D eigenvalue weighted by Gasteiger charge is 2.33. The lowest BCUT2D eigenvalue weighted by atomic mass is 9.98. The zero-order valence-electron chi connectivity index (χ0n) is 12.4. The number of nitrogens with one attached hydrogen (secondary N) is 2. The van der Waals surface area contributed by atoms with Gasteiger partial charge in [-0.2, -0.15) is 0 Å². The molecule has 1 aliphatic heterocycles. The molecule has 0 spiro atoms. The van der Waals surface area contributed by atoms with Gasteiger partial charge in [-0.1, -0.05) is 13.3 Å². The lowest BCUT2D eigenvalue weighted by Crippen LogP contribution is -2.40. The van der Waals surface area contributed by atoms with Crippen LogP contribution in [0.25, 0.3) is 0 Å². The molecule has 0 saturated carbocycles. The first kappa shape index (κ1) is 15.1. The highest BCUT2D eigenvalue weighted by molar-refractivity contribution is 5.92. The number of amides is 1. The molecule has 20 heavy (non-hydrogen) atoms. The Hall–Kier alpha value is -1.33. The predicted molar refractivity (Wildman–Crippen MR) is 78.8 cm³/mol. The van der Waals surface area contributed by atoms with Crippen molar-refractivity contribution in [3.05, 3.63) is 24.0 Å². The Morgan fingerprint density at radius 3 is 3.05 bits per heavy atom. The summed E-state index contributed by atoms with van der Waals surface area (Å²) in [5.41, 5.74) is 0.635. The second kappa shape index (κ2) is 7.45. The van der Waals surface area contributed by atoms with Crippen molar-refractivity contribution in [3.63, 3.8) is 0 Å². The van der Waals surface area contributed by atoms with Crippen LogP contribution in [0.3, 0.4) is 0 Å². The maximum atomic E-state index is 12.1. The Kier molecular flexibility index (Phi) is 5.61. The van der Waals surface area contributed by atoms with E-state index in [0.717, 1.165) is 39.1 Å². The zero-order valence-corrected chi connectivity index (χ0v) is 12.4. The van der Waals surface area contributed by atoms with Crippen LogP contribution < -0.4 is 5.32 Å². The summed E-state index contributed by atoms with van der Waals surface area (Å²) in [5.74, 6) is 0.533. The number of hydrogen-bond acceptors (Lipinski definition) is 3. The molecule has 0 aliphatic carbocycles. The van der Waals surface area contributed by atoms with E-state index in [1.54, 1.807) is 13.3 Å². The smallest absolute Gasteiger partial charge is 0.267 e. The number of aromatic nitrogens is 1. The molecular weight excluding hydrogens is 254 g/mol. The number of hydrogen-bond donors (Lipinski definition) is 2. The van der Waals surface area contributed by atoms with Gasteiger partial charge >= 0.3 is 0 Å². The molecule has 2 rings (SSSR count). The minimum atomic E-state index is -0.00491. The third-order valence-electron chi connectivity index (χ3n) is 3.95. The number of carbonyl (C=O) groups excluding carboxylic acids is 1. The lowest BCUT2D eigenvalue weighted by molar-refractivity contribution is 0.0924. The van der Waals surface area contributed by atoms with Gasteiger partial charge in [0.05, 0.1) is 6.61 Å². The Morgan fingerprint density at radius 2 is 2.40 bits per heavy atom. The van der Waals surface area contributed by atoms with Crippen molar-refractivity contribution in [3.8, 4) is 0 Å². The van der Waals surface area contributed by atoms with E-state index in [-0.39, 0.29) is 11.9 Å². The van der Waals surface area contributed by atoms with Gasteiger partial charge in [-0.15, -0.1) is 0 Å². The minimum Gasteiger partial charge on any atom is -0.383 e. The highest BCUT2D eigenvalue weighted by atomic mass is 16.5. The molecule has 5 nitrogen and oxygen atoms in total. The zero-order chi connectivity index (χ0) is 14.4. The summed E-state index contributed by atoms with van der Waals surface area (Å²) in [7, 11) is 1.73. The second-order valence-corrected chi connectivity index (χ2v) is 5.46. The number of nitrogens with zero attached hydrogens (tertiary/aromatic N) is 1. The van der Waals surface area contributed by atoms with E-state index in [1.807, 2.05) is 12.1 Å². The molecule has 1 fully saturated rings. The van der Waals surface area contributed by atoms with Gasteiger partial charge in [0.1, 0.15) is 5.69 Å². The molecular formula is C15H25N3O2. The molecule has 1 amide bonds. The number of aromatic amines is 1. The summed E-state index contributed by atoms with van der Waals surface area (Å²) >= 11 is 0. The summed E-state index contributed by atoms with van der Waals surface area (Å²) in [6, 6.07) is 3.89. The van der Waals surface area contributed by atoms with Crippen LogP contribution in [-0.4, -0.2) is 55.2 Å². The van der Waals surface area contributed by atoms with Gasteiger partial charge in [-0.25, -0.2) is 0 Å². The SMILES string of the molecule is CCC[C@H]1CN(CCOC)C[C@@H]1NC(=O)c1ccc[nH]1. The maximum absolute atomic E-state index is 12.1. The predicted octanol–water partition coefficient (Wildman–Crippen LogP) is 1.49. The molecule has 0 aromatic carbocycles. The average Bonchev–Trinajstić information content (AvgIpc) is 3.07. The summed E-state index contributed by atoms with van der Waals surface area (Å²) in [5, 5.41) is 3.17. The summed E-state index contributed by atoms with van der Waals surface area (Å²) in [6.07, 6.45) is 4.08. The summed E-state index contributed by atoms with van der Waals surface area (Å²) < 4.78 is 5.14. The van der Waals surface area contributed by atoms with Crippen LogP contribution in [0.5, 0.6) is 0 Å². The van der Waals surface area contributed by atoms with Crippen molar-refractivity contribution >= 4 is 5.91 Å². The second-order valence-electron chi connectivity index (χ2n) is 5.46. The first-order valence-electron chi connectivity index (χ1n) is 7.40. The van der Waals surface area contributed by atoms with Gasteiger partial charge in [0, 0.05) is 39.0 Å². The molecule has 0 bridgehead atoms. The number of likely N-dealkylation sites (tertiary alicyclic amines) is 1. The summed E-state index contributed by atoms with van der Waals surface area (Å²) in [6.45, 7) is 5.84. The van der Waals surface area contributed by atoms with Gasteiger partial charge in [-0.3, -0.25) is 9.69 Å². The molecule has 112 valence electrons. The van der Waals surface area contributed by atoms with Crippen molar-refractivity contribution in [2.75, 3.05) is 33.4 Å². The Morgan fingerprint density at radius 1 is 1.55 bits per heavy atom. The number of H-pyrrole nitrogens is 1. The van der Waals surface area contributed by atoms with Crippen molar-refractivity contribution in [2.45, 2.75) is 25.8 Å². The van der Waals surface area contributed by atoms with Crippen molar-refractivity contribution < 1.29 is 9.53 Å². The van der Waals surface area contributed by atoms with Crippen molar-refractivity contribution in [1.29, 1.82) is 0 Å². The van der Waals surface area contributed by atoms with E-state index in [2.05, 4.69) is 22.1 Å². The quantitative estimate of drug-likeness (QED) is 0.795. The third-order valence-corrected chi connectivity index (χ3v) is 3.95. The van der Waals surface area contributed by atoms with Gasteiger partial charge < -0.3 is 15.0 Å². The molecule has 2 N–H and O–H groups in total. The van der Waals surface area contributed by atoms with Gasteiger partial charge in [0.15, 0.2) is 0 Å². The fourth-order valence-corrected chi connectivity index (χ4v) is 2.91. The highest BCUT2D eigenvalue weighted by Crippen LogP contribution is 2.21. The summed E-state index contributed by atoms with van der Waals surface area (Å²) in [4.78, 5) is 17.5. The minimum absolute atomic E-state index is 0.00491. The Labute approximate surface area is 120 Å². The van der Waals surface area contributed by atoms with E-state index in [0.29, 0.717) is 11.6 Å². The fraction of sp³-hybridized carbons (Fsp3) is 0.667. The molecule has 2 atom stereocenters. The Balaban J connectivity index is 1.91.